The van der Waals surface area contributed by atoms with Crippen LogP contribution in [-0.4, -0.2) is 51.8 Å². The van der Waals surface area contributed by atoms with E-state index in [1.54, 1.807) is 0 Å². The fraction of sp³-hybridized carbons (Fsp3) is 0.471. The molecule has 0 unspecified atom stereocenters. The highest BCUT2D eigenvalue weighted by Crippen LogP contribution is 2.28. The predicted molar refractivity (Wildman–Crippen MR) is 87.5 cm³/mol. The van der Waals surface area contributed by atoms with Crippen LogP contribution in [0.5, 0.6) is 0 Å². The fourth-order valence-electron chi connectivity index (χ4n) is 3.18. The molecule has 3 heterocycles. The number of aromatic nitrogens is 3. The van der Waals surface area contributed by atoms with E-state index in [-0.39, 0.29) is 0 Å². The lowest BCUT2D eigenvalue weighted by Crippen LogP contribution is -2.51. The Hall–Kier alpha value is -2.37. The van der Waals surface area contributed by atoms with Crippen LogP contribution in [0.3, 0.4) is 0 Å². The van der Waals surface area contributed by atoms with Crippen molar-refractivity contribution in [2.24, 2.45) is 5.92 Å². The van der Waals surface area contributed by atoms with Crippen molar-refractivity contribution >= 4 is 11.7 Å². The summed E-state index contributed by atoms with van der Waals surface area (Å²) in [6.07, 6.45) is 7.26. The van der Waals surface area contributed by atoms with E-state index < -0.39 is 0 Å². The van der Waals surface area contributed by atoms with Crippen LogP contribution in [0.1, 0.15) is 19.3 Å². The van der Waals surface area contributed by atoms with Gasteiger partial charge in [0.05, 0.1) is 0 Å². The van der Waals surface area contributed by atoms with E-state index in [1.807, 2.05) is 46.1 Å². The van der Waals surface area contributed by atoms with Crippen molar-refractivity contribution in [1.29, 1.82) is 0 Å². The average molecular weight is 311 g/mol. The number of anilines is 1. The fourth-order valence-corrected chi connectivity index (χ4v) is 3.18. The third-order valence-corrected chi connectivity index (χ3v) is 4.88. The lowest BCUT2D eigenvalue weighted by atomic mass is 9.84. The number of piperazine rings is 1. The zero-order chi connectivity index (χ0) is 15.6. The van der Waals surface area contributed by atoms with Crippen LogP contribution < -0.4 is 4.90 Å². The molecule has 6 heteroatoms. The van der Waals surface area contributed by atoms with E-state index in [2.05, 4.69) is 15.1 Å². The summed E-state index contributed by atoms with van der Waals surface area (Å²) in [7, 11) is 0. The minimum absolute atomic E-state index is 0.294. The summed E-state index contributed by atoms with van der Waals surface area (Å²) in [5.41, 5.74) is 0. The van der Waals surface area contributed by atoms with Crippen molar-refractivity contribution in [3.05, 3.63) is 36.7 Å². The molecule has 0 atom stereocenters. The third-order valence-electron chi connectivity index (χ3n) is 4.88. The molecule has 0 aromatic carbocycles. The molecule has 1 aliphatic heterocycles. The average Bonchev–Trinajstić information content (AvgIpc) is 3.08. The van der Waals surface area contributed by atoms with Gasteiger partial charge in [-0.15, -0.1) is 10.2 Å². The molecule has 1 saturated heterocycles. The highest BCUT2D eigenvalue weighted by Gasteiger charge is 2.31. The molecule has 1 saturated carbocycles. The monoisotopic (exact) mass is 311 g/mol. The Morgan fingerprint density at radius 3 is 2.17 bits per heavy atom. The Morgan fingerprint density at radius 2 is 1.61 bits per heavy atom. The van der Waals surface area contributed by atoms with Crippen LogP contribution >= 0.6 is 0 Å². The maximum atomic E-state index is 12.3. The van der Waals surface area contributed by atoms with Gasteiger partial charge in [-0.2, -0.15) is 0 Å². The highest BCUT2D eigenvalue weighted by molar-refractivity contribution is 5.79. The summed E-state index contributed by atoms with van der Waals surface area (Å²) < 4.78 is 1.94. The largest absolute Gasteiger partial charge is 0.352 e. The van der Waals surface area contributed by atoms with Crippen LogP contribution in [0, 0.1) is 5.92 Å². The Balaban J connectivity index is 1.37. The van der Waals surface area contributed by atoms with E-state index in [1.165, 1.54) is 6.42 Å². The van der Waals surface area contributed by atoms with E-state index in [4.69, 9.17) is 0 Å². The first kappa shape index (κ1) is 14.2. The summed E-state index contributed by atoms with van der Waals surface area (Å²) in [5, 5.41) is 8.63. The molecule has 0 N–H and O–H groups in total. The topological polar surface area (TPSA) is 54.3 Å². The van der Waals surface area contributed by atoms with Gasteiger partial charge < -0.3 is 14.4 Å². The summed E-state index contributed by atoms with van der Waals surface area (Å²) in [4.78, 5) is 16.5. The lowest BCUT2D eigenvalue weighted by Gasteiger charge is -2.38. The highest BCUT2D eigenvalue weighted by atomic mass is 16.2. The molecule has 6 nitrogen and oxygen atoms in total. The normalized spacial score (nSPS) is 18.8. The van der Waals surface area contributed by atoms with Gasteiger partial charge in [0.25, 0.3) is 0 Å². The van der Waals surface area contributed by atoms with E-state index in [0.29, 0.717) is 11.8 Å². The second kappa shape index (κ2) is 6.02. The molecule has 2 aromatic rings. The molecule has 4 rings (SSSR count). The number of amides is 1. The zero-order valence-electron chi connectivity index (χ0n) is 13.1. The number of carbonyl (C=O) groups is 1. The molecule has 23 heavy (non-hydrogen) atoms. The van der Waals surface area contributed by atoms with Crippen molar-refractivity contribution in [2.45, 2.75) is 19.3 Å². The van der Waals surface area contributed by atoms with Gasteiger partial charge in [-0.25, -0.2) is 0 Å². The minimum atomic E-state index is 0.294. The van der Waals surface area contributed by atoms with Crippen LogP contribution in [0.25, 0.3) is 5.82 Å². The van der Waals surface area contributed by atoms with Gasteiger partial charge >= 0.3 is 0 Å². The molecular formula is C17H21N5O. The van der Waals surface area contributed by atoms with Crippen molar-refractivity contribution in [1.82, 2.24) is 19.7 Å². The predicted octanol–water partition coefficient (Wildman–Crippen LogP) is 1.72. The summed E-state index contributed by atoms with van der Waals surface area (Å²) >= 11 is 0. The SMILES string of the molecule is O=C(C1CCC1)N1CCN(c2ccc(-n3cccc3)nn2)CC1. The zero-order valence-corrected chi connectivity index (χ0v) is 13.1. The van der Waals surface area contributed by atoms with Gasteiger partial charge in [0, 0.05) is 44.5 Å². The minimum Gasteiger partial charge on any atom is -0.352 e. The van der Waals surface area contributed by atoms with Crippen LogP contribution in [0.15, 0.2) is 36.7 Å². The Kier molecular flexibility index (Phi) is 3.73. The van der Waals surface area contributed by atoms with Gasteiger partial charge in [0.2, 0.25) is 5.91 Å². The number of hydrogen-bond donors (Lipinski definition) is 0. The Labute approximate surface area is 135 Å². The summed E-state index contributed by atoms with van der Waals surface area (Å²) in [6.45, 7) is 3.23. The van der Waals surface area contributed by atoms with Gasteiger partial charge in [0.1, 0.15) is 0 Å². The van der Waals surface area contributed by atoms with Crippen molar-refractivity contribution in [2.75, 3.05) is 31.1 Å². The summed E-state index contributed by atoms with van der Waals surface area (Å²) in [5.74, 6) is 2.35. The van der Waals surface area contributed by atoms with E-state index in [0.717, 1.165) is 50.7 Å². The number of carbonyl (C=O) groups excluding carboxylic acids is 1. The molecule has 2 aliphatic rings. The Bertz CT molecular complexity index is 655. The van der Waals surface area contributed by atoms with Gasteiger partial charge in [-0.1, -0.05) is 6.42 Å². The number of hydrogen-bond acceptors (Lipinski definition) is 4. The first-order chi connectivity index (χ1) is 11.3. The molecule has 0 spiro atoms. The molecule has 1 aliphatic carbocycles. The van der Waals surface area contributed by atoms with Gasteiger partial charge in [0.15, 0.2) is 11.6 Å². The molecule has 120 valence electrons. The van der Waals surface area contributed by atoms with Crippen molar-refractivity contribution in [3.63, 3.8) is 0 Å². The first-order valence-electron chi connectivity index (χ1n) is 8.32. The van der Waals surface area contributed by atoms with Gasteiger partial charge in [-0.3, -0.25) is 4.79 Å². The van der Waals surface area contributed by atoms with Crippen LogP contribution in [-0.2, 0) is 4.79 Å². The van der Waals surface area contributed by atoms with E-state index in [9.17, 15) is 4.79 Å². The maximum absolute atomic E-state index is 12.3. The second-order valence-corrected chi connectivity index (χ2v) is 6.28. The first-order valence-corrected chi connectivity index (χ1v) is 8.32. The number of nitrogens with zero attached hydrogens (tertiary/aromatic N) is 5. The maximum Gasteiger partial charge on any atom is 0.225 e. The van der Waals surface area contributed by atoms with E-state index >= 15 is 0 Å². The van der Waals surface area contributed by atoms with Gasteiger partial charge in [-0.05, 0) is 37.1 Å². The molecule has 2 fully saturated rings. The lowest BCUT2D eigenvalue weighted by molar-refractivity contribution is -0.138. The third kappa shape index (κ3) is 2.81. The molecule has 2 aromatic heterocycles. The molecular weight excluding hydrogens is 290 g/mol. The smallest absolute Gasteiger partial charge is 0.225 e. The van der Waals surface area contributed by atoms with Crippen LogP contribution in [0.2, 0.25) is 0 Å². The standard InChI is InChI=1S/C17H21N5O/c23-17(14-4-3-5-14)22-12-10-21(11-13-22)16-7-6-15(18-19-16)20-8-1-2-9-20/h1-2,6-9,14H,3-5,10-13H2. The second-order valence-electron chi connectivity index (χ2n) is 6.28. The Morgan fingerprint density at radius 1 is 0.957 bits per heavy atom. The van der Waals surface area contributed by atoms with Crippen molar-refractivity contribution in [3.8, 4) is 5.82 Å². The number of rotatable bonds is 3. The molecule has 1 amide bonds. The summed E-state index contributed by atoms with van der Waals surface area (Å²) in [6, 6.07) is 7.92. The van der Waals surface area contributed by atoms with Crippen molar-refractivity contribution < 1.29 is 4.79 Å². The molecule has 0 radical (unpaired) electrons. The quantitative estimate of drug-likeness (QED) is 0.866. The molecule has 0 bridgehead atoms. The van der Waals surface area contributed by atoms with Crippen LogP contribution in [0.4, 0.5) is 5.82 Å².